The summed E-state index contributed by atoms with van der Waals surface area (Å²) in [5.74, 6) is 0.660. The molecule has 2 aromatic rings. The molecule has 30 heavy (non-hydrogen) atoms. The number of methoxy groups -OCH3 is 1. The number of nitrogens with zero attached hydrogens (tertiary/aromatic N) is 3. The smallest absolute Gasteiger partial charge is 0.383 e. The monoisotopic (exact) mass is 425 g/mol. The van der Waals surface area contributed by atoms with Crippen LogP contribution in [0.4, 0.5) is 13.2 Å². The maximum absolute atomic E-state index is 12.7. The Bertz CT molecular complexity index is 828. The Morgan fingerprint density at radius 3 is 2.47 bits per heavy atom. The summed E-state index contributed by atoms with van der Waals surface area (Å²) in [4.78, 5) is 4.64. The molecule has 0 amide bonds. The third-order valence-corrected chi connectivity index (χ3v) is 4.77. The van der Waals surface area contributed by atoms with Crippen LogP contribution in [0.1, 0.15) is 35.0 Å². The number of aromatic nitrogens is 2. The lowest BCUT2D eigenvalue weighted by atomic mass is 10.1. The van der Waals surface area contributed by atoms with Crippen molar-refractivity contribution in [2.24, 2.45) is 4.99 Å². The van der Waals surface area contributed by atoms with Gasteiger partial charge in [0.2, 0.25) is 0 Å². The molecular weight excluding hydrogens is 395 g/mol. The number of ether oxygens (including phenoxy) is 1. The zero-order chi connectivity index (χ0) is 22.1. The van der Waals surface area contributed by atoms with Crippen LogP contribution in [0.5, 0.6) is 0 Å². The molecule has 0 saturated heterocycles. The molecule has 0 bridgehead atoms. The molecule has 166 valence electrons. The maximum atomic E-state index is 12.7. The summed E-state index contributed by atoms with van der Waals surface area (Å²) in [6, 6.07) is 5.24. The van der Waals surface area contributed by atoms with Gasteiger partial charge in [0.15, 0.2) is 5.96 Å². The first-order chi connectivity index (χ1) is 14.3. The lowest BCUT2D eigenvalue weighted by molar-refractivity contribution is -0.137. The molecule has 6 nitrogen and oxygen atoms in total. The van der Waals surface area contributed by atoms with Crippen molar-refractivity contribution >= 4 is 5.96 Å². The molecule has 0 aliphatic rings. The Morgan fingerprint density at radius 2 is 1.87 bits per heavy atom. The van der Waals surface area contributed by atoms with Crippen LogP contribution in [0.25, 0.3) is 0 Å². The Labute approximate surface area is 175 Å². The van der Waals surface area contributed by atoms with E-state index in [1.54, 1.807) is 7.11 Å². The number of benzene rings is 1. The van der Waals surface area contributed by atoms with Crippen molar-refractivity contribution in [2.45, 2.75) is 46.5 Å². The molecule has 1 aromatic carbocycles. The fourth-order valence-corrected chi connectivity index (χ4v) is 3.04. The van der Waals surface area contributed by atoms with Gasteiger partial charge in [-0.15, -0.1) is 0 Å². The molecule has 2 rings (SSSR count). The summed E-state index contributed by atoms with van der Waals surface area (Å²) in [6.07, 6.45) is -3.72. The minimum Gasteiger partial charge on any atom is -0.383 e. The molecule has 2 N–H and O–H groups in total. The van der Waals surface area contributed by atoms with Crippen molar-refractivity contribution < 1.29 is 17.9 Å². The summed E-state index contributed by atoms with van der Waals surface area (Å²) in [5.41, 5.74) is 3.27. The first-order valence-corrected chi connectivity index (χ1v) is 9.96. The van der Waals surface area contributed by atoms with Gasteiger partial charge in [0, 0.05) is 31.5 Å². The van der Waals surface area contributed by atoms with E-state index in [1.165, 1.54) is 12.1 Å². The lowest BCUT2D eigenvalue weighted by Crippen LogP contribution is -2.38. The van der Waals surface area contributed by atoms with E-state index in [9.17, 15) is 13.2 Å². The summed E-state index contributed by atoms with van der Waals surface area (Å²) in [6.45, 7) is 9.00. The van der Waals surface area contributed by atoms with Gasteiger partial charge in [-0.3, -0.25) is 4.68 Å². The van der Waals surface area contributed by atoms with E-state index in [4.69, 9.17) is 4.74 Å². The molecule has 1 aromatic heterocycles. The number of alkyl halides is 3. The first kappa shape index (κ1) is 23.7. The molecule has 0 saturated carbocycles. The van der Waals surface area contributed by atoms with Gasteiger partial charge in [0.05, 0.1) is 31.0 Å². The second-order valence-electron chi connectivity index (χ2n) is 6.93. The quantitative estimate of drug-likeness (QED) is 0.477. The average Bonchev–Trinajstić information content (AvgIpc) is 2.97. The SMILES string of the molecule is CCNC(=NCc1c(C)nn(CCOC)c1C)NCCc1ccc(C(F)(F)F)cc1. The largest absolute Gasteiger partial charge is 0.416 e. The van der Waals surface area contributed by atoms with Crippen molar-refractivity contribution in [3.05, 3.63) is 52.3 Å². The van der Waals surface area contributed by atoms with Gasteiger partial charge < -0.3 is 15.4 Å². The molecule has 0 aliphatic carbocycles. The zero-order valence-corrected chi connectivity index (χ0v) is 17.9. The first-order valence-electron chi connectivity index (χ1n) is 9.96. The molecule has 9 heteroatoms. The Morgan fingerprint density at radius 1 is 1.17 bits per heavy atom. The number of aliphatic imine (C=N–C) groups is 1. The molecule has 0 fully saturated rings. The average molecular weight is 425 g/mol. The topological polar surface area (TPSA) is 63.5 Å². The Kier molecular flexibility index (Phi) is 8.71. The normalized spacial score (nSPS) is 12.3. The van der Waals surface area contributed by atoms with Gasteiger partial charge in [0.25, 0.3) is 0 Å². The molecule has 0 spiro atoms. The van der Waals surface area contributed by atoms with E-state index in [-0.39, 0.29) is 0 Å². The van der Waals surface area contributed by atoms with Gasteiger partial charge in [-0.25, -0.2) is 4.99 Å². The number of hydrogen-bond acceptors (Lipinski definition) is 3. The Hall–Kier alpha value is -2.55. The Balaban J connectivity index is 1.96. The second-order valence-corrected chi connectivity index (χ2v) is 6.93. The van der Waals surface area contributed by atoms with E-state index < -0.39 is 11.7 Å². The van der Waals surface area contributed by atoms with Crippen molar-refractivity contribution in [2.75, 3.05) is 26.8 Å². The van der Waals surface area contributed by atoms with E-state index in [1.807, 2.05) is 25.5 Å². The summed E-state index contributed by atoms with van der Waals surface area (Å²) in [5, 5.41) is 11.0. The van der Waals surface area contributed by atoms with E-state index >= 15 is 0 Å². The predicted octanol–water partition coefficient (Wildman–Crippen LogP) is 3.46. The molecular formula is C21H30F3N5O. The highest BCUT2D eigenvalue weighted by Crippen LogP contribution is 2.29. The number of halogens is 3. The fraction of sp³-hybridized carbons (Fsp3) is 0.524. The van der Waals surface area contributed by atoms with Crippen LogP contribution >= 0.6 is 0 Å². The molecule has 0 radical (unpaired) electrons. The highest BCUT2D eigenvalue weighted by Gasteiger charge is 2.29. The van der Waals surface area contributed by atoms with Crippen LogP contribution in [0.2, 0.25) is 0 Å². The zero-order valence-electron chi connectivity index (χ0n) is 17.9. The van der Waals surface area contributed by atoms with E-state index in [2.05, 4.69) is 20.7 Å². The lowest BCUT2D eigenvalue weighted by Gasteiger charge is -2.12. The third kappa shape index (κ3) is 6.76. The van der Waals surface area contributed by atoms with Gasteiger partial charge in [-0.2, -0.15) is 18.3 Å². The molecule has 0 unspecified atom stereocenters. The second kappa shape index (κ2) is 11.0. The van der Waals surface area contributed by atoms with Crippen LogP contribution in [-0.4, -0.2) is 42.5 Å². The van der Waals surface area contributed by atoms with Crippen molar-refractivity contribution in [1.29, 1.82) is 0 Å². The predicted molar refractivity (Wildman–Crippen MR) is 112 cm³/mol. The van der Waals surface area contributed by atoms with Gasteiger partial charge in [0.1, 0.15) is 0 Å². The number of nitrogens with one attached hydrogen (secondary N) is 2. The molecule has 0 aliphatic heterocycles. The molecule has 0 atom stereocenters. The molecule has 1 heterocycles. The number of aryl methyl sites for hydroxylation is 1. The van der Waals surface area contributed by atoms with Crippen molar-refractivity contribution in [3.8, 4) is 0 Å². The summed E-state index contributed by atoms with van der Waals surface area (Å²) in [7, 11) is 1.66. The number of rotatable bonds is 9. The highest BCUT2D eigenvalue weighted by atomic mass is 19.4. The fourth-order valence-electron chi connectivity index (χ4n) is 3.04. The van der Waals surface area contributed by atoms with Crippen LogP contribution in [-0.2, 0) is 30.4 Å². The summed E-state index contributed by atoms with van der Waals surface area (Å²) >= 11 is 0. The number of hydrogen-bond donors (Lipinski definition) is 2. The van der Waals surface area contributed by atoms with Crippen LogP contribution < -0.4 is 10.6 Å². The third-order valence-electron chi connectivity index (χ3n) is 4.77. The minimum atomic E-state index is -4.31. The number of guanidine groups is 1. The minimum absolute atomic E-state index is 0.486. The van der Waals surface area contributed by atoms with Gasteiger partial charge in [-0.1, -0.05) is 12.1 Å². The maximum Gasteiger partial charge on any atom is 0.416 e. The van der Waals surface area contributed by atoms with Crippen LogP contribution in [0.3, 0.4) is 0 Å². The van der Waals surface area contributed by atoms with E-state index in [0.29, 0.717) is 45.2 Å². The van der Waals surface area contributed by atoms with Crippen LogP contribution in [0.15, 0.2) is 29.3 Å². The summed E-state index contributed by atoms with van der Waals surface area (Å²) < 4.78 is 45.0. The van der Waals surface area contributed by atoms with Crippen LogP contribution in [0, 0.1) is 13.8 Å². The van der Waals surface area contributed by atoms with Gasteiger partial charge in [-0.05, 0) is 44.9 Å². The van der Waals surface area contributed by atoms with Gasteiger partial charge >= 0.3 is 6.18 Å². The van der Waals surface area contributed by atoms with E-state index in [0.717, 1.165) is 34.6 Å². The standard InChI is InChI=1S/C21H30F3N5O/c1-5-25-20(26-11-10-17-6-8-18(9-7-17)21(22,23)24)27-14-19-15(2)28-29(16(19)3)12-13-30-4/h6-9H,5,10-14H2,1-4H3,(H2,25,26,27). The van der Waals surface area contributed by atoms with Crippen molar-refractivity contribution in [3.63, 3.8) is 0 Å². The van der Waals surface area contributed by atoms with Crippen molar-refractivity contribution in [1.82, 2.24) is 20.4 Å². The highest BCUT2D eigenvalue weighted by molar-refractivity contribution is 5.79.